The average Bonchev–Trinajstić information content (AvgIpc) is 2.54. The van der Waals surface area contributed by atoms with E-state index >= 15 is 0 Å². The van der Waals surface area contributed by atoms with Gasteiger partial charge in [-0.2, -0.15) is 0 Å². The van der Waals surface area contributed by atoms with Crippen LogP contribution in [0.3, 0.4) is 0 Å². The van der Waals surface area contributed by atoms with Gasteiger partial charge in [-0.3, -0.25) is 0 Å². The van der Waals surface area contributed by atoms with Crippen LogP contribution in [-0.2, 0) is 4.74 Å². The zero-order chi connectivity index (χ0) is 14.9. The van der Waals surface area contributed by atoms with Crippen LogP contribution < -0.4 is 5.32 Å². The Balaban J connectivity index is 1.48. The Kier molecular flexibility index (Phi) is 8.01. The van der Waals surface area contributed by atoms with Gasteiger partial charge in [0.1, 0.15) is 0 Å². The molecule has 1 atom stereocenters. The van der Waals surface area contributed by atoms with Gasteiger partial charge in [0, 0.05) is 6.54 Å². The van der Waals surface area contributed by atoms with Crippen molar-refractivity contribution in [2.75, 3.05) is 39.3 Å². The number of hydrogen-bond acceptors (Lipinski definition) is 4. The van der Waals surface area contributed by atoms with Crippen molar-refractivity contribution in [3.8, 4) is 0 Å². The van der Waals surface area contributed by atoms with Crippen LogP contribution in [0.1, 0.15) is 51.9 Å². The number of likely N-dealkylation sites (tertiary alicyclic amines) is 1. The van der Waals surface area contributed by atoms with Crippen molar-refractivity contribution in [1.82, 2.24) is 10.2 Å². The molecule has 0 aromatic rings. The van der Waals surface area contributed by atoms with E-state index in [9.17, 15) is 5.11 Å². The topological polar surface area (TPSA) is 44.7 Å². The quantitative estimate of drug-likeness (QED) is 0.719. The highest BCUT2D eigenvalue weighted by atomic mass is 16.5. The van der Waals surface area contributed by atoms with Crippen molar-refractivity contribution in [2.45, 2.75) is 64.1 Å². The normalized spacial score (nSPS) is 24.3. The molecule has 0 spiro atoms. The van der Waals surface area contributed by atoms with Gasteiger partial charge in [0.05, 0.1) is 18.8 Å². The summed E-state index contributed by atoms with van der Waals surface area (Å²) in [5.74, 6) is 0.777. The Morgan fingerprint density at radius 1 is 1.14 bits per heavy atom. The number of aliphatic hydroxyl groups excluding tert-OH is 1. The number of piperidine rings is 1. The first-order chi connectivity index (χ1) is 10.3. The minimum Gasteiger partial charge on any atom is -0.389 e. The van der Waals surface area contributed by atoms with E-state index in [1.54, 1.807) is 0 Å². The first-order valence-corrected chi connectivity index (χ1v) is 9.00. The summed E-state index contributed by atoms with van der Waals surface area (Å²) in [5.41, 5.74) is 0. The fourth-order valence-electron chi connectivity index (χ4n) is 3.50. The molecule has 1 saturated carbocycles. The van der Waals surface area contributed by atoms with Crippen molar-refractivity contribution in [2.24, 2.45) is 5.92 Å². The first kappa shape index (κ1) is 17.2. The van der Waals surface area contributed by atoms with E-state index in [-0.39, 0.29) is 6.10 Å². The van der Waals surface area contributed by atoms with Crippen molar-refractivity contribution < 1.29 is 9.84 Å². The van der Waals surface area contributed by atoms with Crippen LogP contribution in [0.25, 0.3) is 0 Å². The van der Waals surface area contributed by atoms with Crippen LogP contribution in [-0.4, -0.2) is 61.5 Å². The van der Waals surface area contributed by atoms with E-state index in [0.29, 0.717) is 19.3 Å². The van der Waals surface area contributed by atoms with Crippen molar-refractivity contribution in [1.29, 1.82) is 0 Å². The van der Waals surface area contributed by atoms with Crippen LogP contribution >= 0.6 is 0 Å². The largest absolute Gasteiger partial charge is 0.389 e. The zero-order valence-electron chi connectivity index (χ0n) is 13.7. The highest BCUT2D eigenvalue weighted by Crippen LogP contribution is 2.20. The Bertz CT molecular complexity index is 262. The lowest BCUT2D eigenvalue weighted by molar-refractivity contribution is -0.0232. The van der Waals surface area contributed by atoms with Gasteiger partial charge in [-0.05, 0) is 57.8 Å². The fraction of sp³-hybridized carbons (Fsp3) is 1.00. The van der Waals surface area contributed by atoms with E-state index in [0.717, 1.165) is 12.5 Å². The number of nitrogens with zero attached hydrogens (tertiary/aromatic N) is 1. The molecule has 1 unspecified atom stereocenters. The fourth-order valence-corrected chi connectivity index (χ4v) is 3.50. The van der Waals surface area contributed by atoms with Crippen molar-refractivity contribution in [3.63, 3.8) is 0 Å². The summed E-state index contributed by atoms with van der Waals surface area (Å²) in [7, 11) is 0. The van der Waals surface area contributed by atoms with E-state index in [4.69, 9.17) is 4.74 Å². The van der Waals surface area contributed by atoms with Gasteiger partial charge >= 0.3 is 0 Å². The highest BCUT2D eigenvalue weighted by Gasteiger charge is 2.18. The van der Waals surface area contributed by atoms with E-state index in [1.165, 1.54) is 64.6 Å². The summed E-state index contributed by atoms with van der Waals surface area (Å²) in [5, 5.41) is 13.4. The molecule has 2 fully saturated rings. The molecule has 1 aliphatic heterocycles. The monoisotopic (exact) mass is 298 g/mol. The van der Waals surface area contributed by atoms with Crippen LogP contribution in [0.2, 0.25) is 0 Å². The van der Waals surface area contributed by atoms with Crippen LogP contribution in [0, 0.1) is 5.92 Å². The molecule has 1 saturated heterocycles. The second-order valence-electron chi connectivity index (χ2n) is 6.78. The third-order valence-electron chi connectivity index (χ3n) is 5.04. The summed E-state index contributed by atoms with van der Waals surface area (Å²) in [6.07, 6.45) is 8.89. The maximum absolute atomic E-state index is 9.99. The van der Waals surface area contributed by atoms with E-state index in [2.05, 4.69) is 17.1 Å². The van der Waals surface area contributed by atoms with Gasteiger partial charge in [-0.15, -0.1) is 0 Å². The molecule has 1 heterocycles. The minimum absolute atomic E-state index is 0.359. The average molecular weight is 298 g/mol. The maximum Gasteiger partial charge on any atom is 0.0897 e. The molecule has 4 heteroatoms. The predicted molar refractivity (Wildman–Crippen MR) is 86.5 cm³/mol. The molecule has 2 N–H and O–H groups in total. The van der Waals surface area contributed by atoms with Gasteiger partial charge in [-0.25, -0.2) is 0 Å². The summed E-state index contributed by atoms with van der Waals surface area (Å²) in [4.78, 5) is 2.52. The highest BCUT2D eigenvalue weighted by molar-refractivity contribution is 4.74. The van der Waals surface area contributed by atoms with Gasteiger partial charge in [0.2, 0.25) is 0 Å². The Morgan fingerprint density at radius 2 is 1.86 bits per heavy atom. The van der Waals surface area contributed by atoms with E-state index in [1.807, 2.05) is 0 Å². The lowest BCUT2D eigenvalue weighted by atomic mass is 9.97. The molecular weight excluding hydrogens is 264 g/mol. The number of rotatable bonds is 8. The number of hydrogen-bond donors (Lipinski definition) is 2. The first-order valence-electron chi connectivity index (χ1n) is 9.00. The summed E-state index contributed by atoms with van der Waals surface area (Å²) >= 11 is 0. The molecule has 1 aliphatic carbocycles. The SMILES string of the molecule is CCN1CCC(CNCC(O)COC2CCCCC2)CC1. The van der Waals surface area contributed by atoms with Crippen molar-refractivity contribution in [3.05, 3.63) is 0 Å². The molecule has 0 radical (unpaired) electrons. The van der Waals surface area contributed by atoms with Gasteiger partial charge in [0.25, 0.3) is 0 Å². The molecule has 2 rings (SSSR count). The van der Waals surface area contributed by atoms with Crippen LogP contribution in [0.15, 0.2) is 0 Å². The third-order valence-corrected chi connectivity index (χ3v) is 5.04. The molecule has 21 heavy (non-hydrogen) atoms. The maximum atomic E-state index is 9.99. The predicted octanol–water partition coefficient (Wildman–Crippen LogP) is 2.02. The Labute approximate surface area is 130 Å². The summed E-state index contributed by atoms with van der Waals surface area (Å²) in [6, 6.07) is 0. The molecular formula is C17H34N2O2. The van der Waals surface area contributed by atoms with Crippen LogP contribution in [0.5, 0.6) is 0 Å². The molecule has 4 nitrogen and oxygen atoms in total. The van der Waals surface area contributed by atoms with E-state index < -0.39 is 0 Å². The Hall–Kier alpha value is -0.160. The third kappa shape index (κ3) is 6.64. The lowest BCUT2D eigenvalue weighted by Crippen LogP contribution is -2.39. The lowest BCUT2D eigenvalue weighted by Gasteiger charge is -2.31. The second kappa shape index (κ2) is 9.78. The summed E-state index contributed by atoms with van der Waals surface area (Å²) < 4.78 is 5.82. The Morgan fingerprint density at radius 3 is 2.52 bits per heavy atom. The van der Waals surface area contributed by atoms with Crippen LogP contribution in [0.4, 0.5) is 0 Å². The standard InChI is InChI=1S/C17H34N2O2/c1-2-19-10-8-15(9-11-19)12-18-13-16(20)14-21-17-6-4-3-5-7-17/h15-18,20H,2-14H2,1H3. The number of nitrogens with one attached hydrogen (secondary N) is 1. The molecule has 0 aromatic carbocycles. The molecule has 124 valence electrons. The molecule has 2 aliphatic rings. The van der Waals surface area contributed by atoms with Gasteiger partial charge in [0.15, 0.2) is 0 Å². The second-order valence-corrected chi connectivity index (χ2v) is 6.78. The summed E-state index contributed by atoms with van der Waals surface area (Å²) in [6.45, 7) is 8.08. The number of aliphatic hydroxyl groups is 1. The molecule has 0 bridgehead atoms. The molecule has 0 amide bonds. The van der Waals surface area contributed by atoms with Crippen molar-refractivity contribution >= 4 is 0 Å². The molecule has 0 aromatic heterocycles. The zero-order valence-corrected chi connectivity index (χ0v) is 13.7. The van der Waals surface area contributed by atoms with Gasteiger partial charge < -0.3 is 20.1 Å². The van der Waals surface area contributed by atoms with Gasteiger partial charge in [-0.1, -0.05) is 26.2 Å². The smallest absolute Gasteiger partial charge is 0.0897 e. The minimum atomic E-state index is -0.359. The number of ether oxygens (including phenoxy) is 1.